The van der Waals surface area contributed by atoms with Gasteiger partial charge in [-0.3, -0.25) is 14.6 Å². The van der Waals surface area contributed by atoms with E-state index in [1.807, 2.05) is 13.1 Å². The Hall–Kier alpha value is -2.96. The van der Waals surface area contributed by atoms with Crippen molar-refractivity contribution in [2.45, 2.75) is 6.54 Å². The average Bonchev–Trinajstić information content (AvgIpc) is 3.15. The van der Waals surface area contributed by atoms with Gasteiger partial charge < -0.3 is 5.32 Å². The number of benzene rings is 1. The lowest BCUT2D eigenvalue weighted by atomic mass is 10.1. The van der Waals surface area contributed by atoms with Crippen LogP contribution >= 0.6 is 0 Å². The Kier molecular flexibility index (Phi) is 3.69. The van der Waals surface area contributed by atoms with E-state index in [-0.39, 0.29) is 11.7 Å². The molecule has 1 aromatic carbocycles. The highest BCUT2D eigenvalue weighted by Crippen LogP contribution is 2.17. The van der Waals surface area contributed by atoms with Crippen molar-refractivity contribution >= 4 is 5.91 Å². The standard InChI is InChI=1S/C15H14FN5O/c1-21-12(6-7-18-21)9-17-15(22)14-8-13(19-20-14)10-2-4-11(16)5-3-10/h2-8H,9H2,1H3,(H,17,22)(H,19,20). The molecule has 22 heavy (non-hydrogen) atoms. The molecule has 0 radical (unpaired) electrons. The molecule has 0 spiro atoms. The van der Waals surface area contributed by atoms with E-state index in [0.717, 1.165) is 11.3 Å². The van der Waals surface area contributed by atoms with Gasteiger partial charge in [-0.1, -0.05) is 0 Å². The average molecular weight is 299 g/mol. The largest absolute Gasteiger partial charge is 0.345 e. The van der Waals surface area contributed by atoms with Crippen molar-refractivity contribution in [1.82, 2.24) is 25.3 Å². The molecule has 0 aliphatic rings. The number of rotatable bonds is 4. The van der Waals surface area contributed by atoms with Crippen LogP contribution in [0.15, 0.2) is 42.6 Å². The summed E-state index contributed by atoms with van der Waals surface area (Å²) in [5.74, 6) is -0.574. The topological polar surface area (TPSA) is 75.6 Å². The van der Waals surface area contributed by atoms with Gasteiger partial charge in [-0.05, 0) is 36.4 Å². The molecule has 0 saturated carbocycles. The van der Waals surface area contributed by atoms with Crippen LogP contribution in [0.2, 0.25) is 0 Å². The maximum absolute atomic E-state index is 12.9. The summed E-state index contributed by atoms with van der Waals surface area (Å²) in [5, 5.41) is 13.6. The highest BCUT2D eigenvalue weighted by atomic mass is 19.1. The first-order valence-electron chi connectivity index (χ1n) is 6.70. The van der Waals surface area contributed by atoms with Crippen molar-refractivity contribution in [2.24, 2.45) is 7.05 Å². The number of halogens is 1. The van der Waals surface area contributed by atoms with E-state index in [1.54, 1.807) is 29.1 Å². The minimum absolute atomic E-state index is 0.262. The van der Waals surface area contributed by atoms with Crippen molar-refractivity contribution in [2.75, 3.05) is 0 Å². The Morgan fingerprint density at radius 2 is 2.09 bits per heavy atom. The van der Waals surface area contributed by atoms with Crippen molar-refractivity contribution in [3.05, 3.63) is 59.8 Å². The van der Waals surface area contributed by atoms with Gasteiger partial charge in [-0.25, -0.2) is 4.39 Å². The maximum Gasteiger partial charge on any atom is 0.269 e. The summed E-state index contributed by atoms with van der Waals surface area (Å²) < 4.78 is 14.6. The molecular formula is C15H14FN5O. The van der Waals surface area contributed by atoms with Gasteiger partial charge in [0.2, 0.25) is 0 Å². The molecular weight excluding hydrogens is 285 g/mol. The van der Waals surface area contributed by atoms with E-state index in [4.69, 9.17) is 0 Å². The number of nitrogens with zero attached hydrogens (tertiary/aromatic N) is 3. The highest BCUT2D eigenvalue weighted by molar-refractivity contribution is 5.93. The van der Waals surface area contributed by atoms with Gasteiger partial charge in [0.05, 0.1) is 17.9 Å². The van der Waals surface area contributed by atoms with E-state index in [2.05, 4.69) is 20.6 Å². The number of aromatic amines is 1. The summed E-state index contributed by atoms with van der Waals surface area (Å²) in [4.78, 5) is 12.1. The van der Waals surface area contributed by atoms with Crippen LogP contribution in [0.25, 0.3) is 11.3 Å². The number of hydrogen-bond acceptors (Lipinski definition) is 3. The van der Waals surface area contributed by atoms with Crippen LogP contribution in [0, 0.1) is 5.82 Å². The van der Waals surface area contributed by atoms with Crippen LogP contribution in [0.1, 0.15) is 16.2 Å². The lowest BCUT2D eigenvalue weighted by Gasteiger charge is -2.03. The van der Waals surface area contributed by atoms with Crippen molar-refractivity contribution in [3.63, 3.8) is 0 Å². The molecule has 2 N–H and O–H groups in total. The lowest BCUT2D eigenvalue weighted by molar-refractivity contribution is 0.0945. The van der Waals surface area contributed by atoms with Crippen LogP contribution in [-0.4, -0.2) is 25.9 Å². The van der Waals surface area contributed by atoms with Gasteiger partial charge in [0.1, 0.15) is 11.5 Å². The van der Waals surface area contributed by atoms with Crippen molar-refractivity contribution in [3.8, 4) is 11.3 Å². The van der Waals surface area contributed by atoms with E-state index in [1.165, 1.54) is 12.1 Å². The predicted octanol–water partition coefficient (Wildman–Crippen LogP) is 1.88. The van der Waals surface area contributed by atoms with Crippen LogP contribution in [0.4, 0.5) is 4.39 Å². The summed E-state index contributed by atoms with van der Waals surface area (Å²) >= 11 is 0. The third-order valence-corrected chi connectivity index (χ3v) is 3.31. The molecule has 3 rings (SSSR count). The quantitative estimate of drug-likeness (QED) is 0.772. The highest BCUT2D eigenvalue weighted by Gasteiger charge is 2.11. The molecule has 2 aromatic heterocycles. The number of carbonyl (C=O) groups excluding carboxylic acids is 1. The Morgan fingerprint density at radius 3 is 2.77 bits per heavy atom. The van der Waals surface area contributed by atoms with Crippen LogP contribution < -0.4 is 5.32 Å². The fourth-order valence-corrected chi connectivity index (χ4v) is 2.05. The van der Waals surface area contributed by atoms with Gasteiger partial charge in [0.25, 0.3) is 5.91 Å². The summed E-state index contributed by atoms with van der Waals surface area (Å²) in [6.45, 7) is 0.375. The Morgan fingerprint density at radius 1 is 1.32 bits per heavy atom. The zero-order chi connectivity index (χ0) is 15.5. The third-order valence-electron chi connectivity index (χ3n) is 3.31. The minimum atomic E-state index is -0.312. The van der Waals surface area contributed by atoms with E-state index >= 15 is 0 Å². The van der Waals surface area contributed by atoms with Crippen molar-refractivity contribution in [1.29, 1.82) is 0 Å². The second kappa shape index (κ2) is 5.80. The fourth-order valence-electron chi connectivity index (χ4n) is 2.05. The zero-order valence-corrected chi connectivity index (χ0v) is 11.9. The molecule has 6 nitrogen and oxygen atoms in total. The Bertz CT molecular complexity index is 790. The van der Waals surface area contributed by atoms with Crippen LogP contribution in [-0.2, 0) is 13.6 Å². The monoisotopic (exact) mass is 299 g/mol. The first-order valence-corrected chi connectivity index (χ1v) is 6.70. The van der Waals surface area contributed by atoms with Gasteiger partial charge in [-0.2, -0.15) is 10.2 Å². The maximum atomic E-state index is 12.9. The first kappa shape index (κ1) is 14.0. The Labute approximate surface area is 126 Å². The summed E-state index contributed by atoms with van der Waals surface area (Å²) in [5.41, 5.74) is 2.57. The van der Waals surface area contributed by atoms with Gasteiger partial charge in [0, 0.05) is 18.8 Å². The van der Waals surface area contributed by atoms with Gasteiger partial charge in [0.15, 0.2) is 0 Å². The molecule has 0 aliphatic carbocycles. The van der Waals surface area contributed by atoms with Gasteiger partial charge >= 0.3 is 0 Å². The molecule has 0 unspecified atom stereocenters. The molecule has 7 heteroatoms. The number of aromatic nitrogens is 4. The molecule has 3 aromatic rings. The SMILES string of the molecule is Cn1nccc1CNC(=O)c1cc(-c2ccc(F)cc2)n[nH]1. The second-order valence-electron chi connectivity index (χ2n) is 4.80. The lowest BCUT2D eigenvalue weighted by Crippen LogP contribution is -2.24. The van der Waals surface area contributed by atoms with E-state index < -0.39 is 0 Å². The molecule has 0 fully saturated rings. The molecule has 112 valence electrons. The number of carbonyl (C=O) groups is 1. The van der Waals surface area contributed by atoms with E-state index in [0.29, 0.717) is 17.9 Å². The van der Waals surface area contributed by atoms with E-state index in [9.17, 15) is 9.18 Å². The number of nitrogens with one attached hydrogen (secondary N) is 2. The van der Waals surface area contributed by atoms with Crippen LogP contribution in [0.5, 0.6) is 0 Å². The molecule has 0 bridgehead atoms. The van der Waals surface area contributed by atoms with Crippen LogP contribution in [0.3, 0.4) is 0 Å². The summed E-state index contributed by atoms with van der Waals surface area (Å²) in [6, 6.07) is 9.40. The fraction of sp³-hybridized carbons (Fsp3) is 0.133. The molecule has 0 atom stereocenters. The molecule has 1 amide bonds. The first-order chi connectivity index (χ1) is 10.6. The smallest absolute Gasteiger partial charge is 0.269 e. The predicted molar refractivity (Wildman–Crippen MR) is 78.4 cm³/mol. The van der Waals surface area contributed by atoms with Gasteiger partial charge in [-0.15, -0.1) is 0 Å². The third kappa shape index (κ3) is 2.88. The minimum Gasteiger partial charge on any atom is -0.345 e. The number of H-pyrrole nitrogens is 1. The van der Waals surface area contributed by atoms with Crippen molar-refractivity contribution < 1.29 is 9.18 Å². The molecule has 0 aliphatic heterocycles. The number of amides is 1. The second-order valence-corrected chi connectivity index (χ2v) is 4.80. The molecule has 2 heterocycles. The zero-order valence-electron chi connectivity index (χ0n) is 11.9. The Balaban J connectivity index is 1.69. The summed E-state index contributed by atoms with van der Waals surface area (Å²) in [7, 11) is 1.81. The normalized spacial score (nSPS) is 10.6. The molecule has 0 saturated heterocycles. The summed E-state index contributed by atoms with van der Waals surface area (Å²) in [6.07, 6.45) is 1.67. The number of aryl methyl sites for hydroxylation is 1. The number of hydrogen-bond donors (Lipinski definition) is 2.